The lowest BCUT2D eigenvalue weighted by molar-refractivity contribution is -0.135. The third-order valence-electron chi connectivity index (χ3n) is 2.23. The number of ether oxygens (including phenoxy) is 2. The molecule has 1 rings (SSSR count). The van der Waals surface area contributed by atoms with Gasteiger partial charge >= 0.3 is 5.97 Å². The highest BCUT2D eigenvalue weighted by atomic mass is 16.5. The summed E-state index contributed by atoms with van der Waals surface area (Å²) in [6.07, 6.45) is 1.30. The largest absolute Gasteiger partial charge is 0.489 e. The average molecular weight is 272 g/mol. The fraction of sp³-hybridized carbons (Fsp3) is 0.200. The van der Waals surface area contributed by atoms with Gasteiger partial charge in [0.25, 0.3) is 0 Å². The fourth-order valence-corrected chi connectivity index (χ4v) is 1.28. The van der Waals surface area contributed by atoms with Crippen molar-refractivity contribution in [2.45, 2.75) is 6.92 Å². The van der Waals surface area contributed by atoms with Gasteiger partial charge in [-0.05, 0) is 24.6 Å². The van der Waals surface area contributed by atoms with Crippen LogP contribution in [0.5, 0.6) is 5.75 Å². The third-order valence-corrected chi connectivity index (χ3v) is 2.23. The van der Waals surface area contributed by atoms with Crippen LogP contribution in [0.4, 0.5) is 5.69 Å². The van der Waals surface area contributed by atoms with Crippen molar-refractivity contribution in [3.8, 4) is 11.8 Å². The Hall–Kier alpha value is -2.74. The van der Waals surface area contributed by atoms with E-state index in [1.165, 1.54) is 13.3 Å². The number of anilines is 1. The molecule has 0 unspecified atom stereocenters. The molecular weight excluding hydrogens is 256 g/mol. The van der Waals surface area contributed by atoms with Crippen LogP contribution in [0.3, 0.4) is 0 Å². The second-order valence-electron chi connectivity index (χ2n) is 4.08. The molecule has 1 aromatic rings. The number of nitrogens with one attached hydrogen (secondary N) is 1. The number of carbonyl (C=O) groups is 1. The quantitative estimate of drug-likeness (QED) is 0.373. The highest BCUT2D eigenvalue weighted by Gasteiger charge is 2.07. The lowest BCUT2D eigenvalue weighted by Gasteiger charge is -2.08. The van der Waals surface area contributed by atoms with Crippen LogP contribution in [0, 0.1) is 11.3 Å². The SMILES string of the molecule is C=C(C)COc1cccc(N/C=C(/C#N)C(=O)OC)c1. The summed E-state index contributed by atoms with van der Waals surface area (Å²) in [5.41, 5.74) is 1.50. The Labute approximate surface area is 118 Å². The first-order valence-electron chi connectivity index (χ1n) is 5.89. The number of carbonyl (C=O) groups excluding carboxylic acids is 1. The Morgan fingerprint density at radius 3 is 2.90 bits per heavy atom. The zero-order valence-electron chi connectivity index (χ0n) is 11.5. The van der Waals surface area contributed by atoms with Crippen molar-refractivity contribution in [1.82, 2.24) is 0 Å². The summed E-state index contributed by atoms with van der Waals surface area (Å²) in [7, 11) is 1.22. The molecule has 20 heavy (non-hydrogen) atoms. The summed E-state index contributed by atoms with van der Waals surface area (Å²) in [6.45, 7) is 6.07. The molecule has 0 saturated heterocycles. The molecule has 5 heteroatoms. The standard InChI is InChI=1S/C15H16N2O3/c1-11(2)10-20-14-6-4-5-13(7-14)17-9-12(8-16)15(18)19-3/h4-7,9,17H,1,10H2,2-3H3/b12-9-. The van der Waals surface area contributed by atoms with E-state index >= 15 is 0 Å². The van der Waals surface area contributed by atoms with Crippen LogP contribution in [0.2, 0.25) is 0 Å². The maximum absolute atomic E-state index is 11.2. The van der Waals surface area contributed by atoms with Crippen LogP contribution in [-0.2, 0) is 9.53 Å². The minimum Gasteiger partial charge on any atom is -0.489 e. The van der Waals surface area contributed by atoms with Gasteiger partial charge in [0.1, 0.15) is 18.4 Å². The Morgan fingerprint density at radius 2 is 2.30 bits per heavy atom. The van der Waals surface area contributed by atoms with Crippen LogP contribution in [0.15, 0.2) is 48.2 Å². The molecule has 0 aliphatic rings. The third kappa shape index (κ3) is 4.86. The van der Waals surface area contributed by atoms with Gasteiger partial charge < -0.3 is 14.8 Å². The van der Waals surface area contributed by atoms with Crippen molar-refractivity contribution in [2.24, 2.45) is 0 Å². The fourth-order valence-electron chi connectivity index (χ4n) is 1.28. The van der Waals surface area contributed by atoms with Crippen molar-refractivity contribution in [2.75, 3.05) is 19.0 Å². The summed E-state index contributed by atoms with van der Waals surface area (Å²) in [4.78, 5) is 11.2. The maximum Gasteiger partial charge on any atom is 0.350 e. The molecule has 0 saturated carbocycles. The topological polar surface area (TPSA) is 71.3 Å². The van der Waals surface area contributed by atoms with E-state index in [0.717, 1.165) is 5.57 Å². The van der Waals surface area contributed by atoms with E-state index in [-0.39, 0.29) is 5.57 Å². The molecule has 5 nitrogen and oxygen atoms in total. The molecule has 1 N–H and O–H groups in total. The van der Waals surface area contributed by atoms with Crippen molar-refractivity contribution in [3.05, 3.63) is 48.2 Å². The molecule has 0 heterocycles. The molecule has 0 aliphatic carbocycles. The predicted octanol–water partition coefficient (Wildman–Crippen LogP) is 2.63. The van der Waals surface area contributed by atoms with E-state index in [0.29, 0.717) is 18.0 Å². The minimum absolute atomic E-state index is 0.110. The predicted molar refractivity (Wildman–Crippen MR) is 76.1 cm³/mol. The second-order valence-corrected chi connectivity index (χ2v) is 4.08. The first kappa shape index (κ1) is 15.3. The maximum atomic E-state index is 11.2. The Kier molecular flexibility index (Phi) is 5.85. The molecule has 104 valence electrons. The number of nitrogens with zero attached hydrogens (tertiary/aromatic N) is 1. The monoisotopic (exact) mass is 272 g/mol. The van der Waals surface area contributed by atoms with Crippen molar-refractivity contribution in [1.29, 1.82) is 5.26 Å². The van der Waals surface area contributed by atoms with Gasteiger partial charge in [-0.25, -0.2) is 4.79 Å². The Balaban J connectivity index is 2.76. The first-order valence-corrected chi connectivity index (χ1v) is 5.89. The van der Waals surface area contributed by atoms with Gasteiger partial charge in [-0.1, -0.05) is 12.6 Å². The average Bonchev–Trinajstić information content (AvgIpc) is 2.45. The molecule has 0 atom stereocenters. The van der Waals surface area contributed by atoms with Crippen LogP contribution in [-0.4, -0.2) is 19.7 Å². The molecular formula is C15H16N2O3. The highest BCUT2D eigenvalue weighted by Crippen LogP contribution is 2.18. The molecule has 0 aliphatic heterocycles. The molecule has 0 aromatic heterocycles. The Bertz CT molecular complexity index is 571. The van der Waals surface area contributed by atoms with Crippen molar-refractivity contribution >= 4 is 11.7 Å². The van der Waals surface area contributed by atoms with Crippen molar-refractivity contribution < 1.29 is 14.3 Å². The van der Waals surface area contributed by atoms with Gasteiger partial charge in [0.15, 0.2) is 5.57 Å². The van der Waals surface area contributed by atoms with E-state index in [9.17, 15) is 4.79 Å². The second kappa shape index (κ2) is 7.64. The zero-order chi connectivity index (χ0) is 15.0. The summed E-state index contributed by atoms with van der Waals surface area (Å²) < 4.78 is 9.97. The lowest BCUT2D eigenvalue weighted by Crippen LogP contribution is -2.05. The smallest absolute Gasteiger partial charge is 0.350 e. The van der Waals surface area contributed by atoms with E-state index in [1.54, 1.807) is 24.3 Å². The van der Waals surface area contributed by atoms with Crippen LogP contribution in [0.25, 0.3) is 0 Å². The number of nitriles is 1. The van der Waals surface area contributed by atoms with E-state index in [4.69, 9.17) is 10.00 Å². The molecule has 0 fully saturated rings. The molecule has 0 radical (unpaired) electrons. The number of hydrogen-bond acceptors (Lipinski definition) is 5. The van der Waals surface area contributed by atoms with E-state index < -0.39 is 5.97 Å². The van der Waals surface area contributed by atoms with Gasteiger partial charge in [0.2, 0.25) is 0 Å². The number of methoxy groups -OCH3 is 1. The molecule has 0 amide bonds. The number of hydrogen-bond donors (Lipinski definition) is 1. The zero-order valence-corrected chi connectivity index (χ0v) is 11.5. The summed E-state index contributed by atoms with van der Waals surface area (Å²) in [5.74, 6) is -0.0161. The molecule has 0 spiro atoms. The van der Waals surface area contributed by atoms with Crippen LogP contribution in [0.1, 0.15) is 6.92 Å². The normalized spacial score (nSPS) is 10.3. The number of benzene rings is 1. The summed E-state index contributed by atoms with van der Waals surface area (Å²) in [5, 5.41) is 11.7. The van der Waals surface area contributed by atoms with Gasteiger partial charge in [0, 0.05) is 18.0 Å². The van der Waals surface area contributed by atoms with Gasteiger partial charge in [-0.15, -0.1) is 0 Å². The van der Waals surface area contributed by atoms with E-state index in [2.05, 4.69) is 16.6 Å². The number of rotatable bonds is 6. The Morgan fingerprint density at radius 1 is 1.55 bits per heavy atom. The number of esters is 1. The molecule has 0 bridgehead atoms. The minimum atomic E-state index is -0.685. The lowest BCUT2D eigenvalue weighted by atomic mass is 10.3. The van der Waals surface area contributed by atoms with Gasteiger partial charge in [-0.2, -0.15) is 5.26 Å². The van der Waals surface area contributed by atoms with Gasteiger partial charge in [0.05, 0.1) is 7.11 Å². The van der Waals surface area contributed by atoms with Crippen molar-refractivity contribution in [3.63, 3.8) is 0 Å². The first-order chi connectivity index (χ1) is 9.56. The van der Waals surface area contributed by atoms with Crippen LogP contribution < -0.4 is 10.1 Å². The summed E-state index contributed by atoms with van der Waals surface area (Å²) >= 11 is 0. The van der Waals surface area contributed by atoms with Crippen LogP contribution >= 0.6 is 0 Å². The highest BCUT2D eigenvalue weighted by molar-refractivity contribution is 5.93. The van der Waals surface area contributed by atoms with Gasteiger partial charge in [-0.3, -0.25) is 0 Å². The summed E-state index contributed by atoms with van der Waals surface area (Å²) in [6, 6.07) is 8.91. The molecule has 1 aromatic carbocycles. The van der Waals surface area contributed by atoms with E-state index in [1.807, 2.05) is 13.0 Å².